The van der Waals surface area contributed by atoms with Crippen molar-refractivity contribution < 1.29 is 22.7 Å². The first-order chi connectivity index (χ1) is 20.2. The summed E-state index contributed by atoms with van der Waals surface area (Å²) in [5.74, 6) is 0.999. The van der Waals surface area contributed by atoms with Crippen LogP contribution in [0.25, 0.3) is 0 Å². The predicted octanol–water partition coefficient (Wildman–Crippen LogP) is 3.97. The summed E-state index contributed by atoms with van der Waals surface area (Å²) in [6.45, 7) is 1.20. The maximum atomic E-state index is 14.0. The van der Waals surface area contributed by atoms with Crippen molar-refractivity contribution in [3.63, 3.8) is 0 Å². The summed E-state index contributed by atoms with van der Waals surface area (Å²) >= 11 is 0. The fourth-order valence-corrected chi connectivity index (χ4v) is 8.63. The Labute approximate surface area is 249 Å². The number of carbonyl (C=O) groups excluding carboxylic acids is 2. The highest BCUT2D eigenvalue weighted by Gasteiger charge is 2.49. The maximum Gasteiger partial charge on any atom is 0.303 e. The van der Waals surface area contributed by atoms with Gasteiger partial charge < -0.3 is 14.5 Å². The van der Waals surface area contributed by atoms with Gasteiger partial charge in [0.1, 0.15) is 5.76 Å². The number of nitrogens with one attached hydrogen (secondary N) is 1. The average Bonchev–Trinajstić information content (AvgIpc) is 3.20. The molecule has 5 aliphatic rings. The number of allylic oxidation sites excluding steroid dienone is 3. The zero-order valence-corrected chi connectivity index (χ0v) is 25.6. The van der Waals surface area contributed by atoms with E-state index in [9.17, 15) is 18.0 Å². The number of fused-ring (bicyclic) bond motifs is 4. The van der Waals surface area contributed by atoms with Crippen molar-refractivity contribution in [1.82, 2.24) is 13.9 Å². The number of nitrogens with zero attached hydrogens (tertiary/aromatic N) is 3. The number of amides is 2. The third kappa shape index (κ3) is 5.28. The Morgan fingerprint density at radius 1 is 0.976 bits per heavy atom. The molecule has 1 aromatic carbocycles. The van der Waals surface area contributed by atoms with Gasteiger partial charge in [-0.3, -0.25) is 9.59 Å². The van der Waals surface area contributed by atoms with E-state index in [0.29, 0.717) is 37.4 Å². The van der Waals surface area contributed by atoms with Gasteiger partial charge in [0, 0.05) is 74.3 Å². The monoisotopic (exact) mass is 594 g/mol. The Hall–Kier alpha value is -3.11. The van der Waals surface area contributed by atoms with Crippen LogP contribution in [0.15, 0.2) is 53.8 Å². The number of carbonyl (C=O) groups is 2. The number of hydrogen-bond acceptors (Lipinski definition) is 6. The van der Waals surface area contributed by atoms with Gasteiger partial charge in [-0.05, 0) is 61.4 Å². The fourth-order valence-electron chi connectivity index (χ4n) is 7.76. The molecule has 0 saturated heterocycles. The molecule has 1 aromatic rings. The normalized spacial score (nSPS) is 30.4. The summed E-state index contributed by atoms with van der Waals surface area (Å²) in [6.07, 6.45) is 15.8. The number of anilines is 1. The number of likely N-dealkylation sites (N-methyl/N-ethyl adjacent to an activating group) is 1. The summed E-state index contributed by atoms with van der Waals surface area (Å²) < 4.78 is 35.0. The van der Waals surface area contributed by atoms with E-state index in [1.807, 2.05) is 25.3 Å². The molecule has 1 saturated carbocycles. The number of benzene rings is 1. The molecule has 4 bridgehead atoms. The van der Waals surface area contributed by atoms with Crippen LogP contribution in [0.1, 0.15) is 66.8 Å². The van der Waals surface area contributed by atoms with Crippen molar-refractivity contribution in [1.29, 1.82) is 0 Å². The smallest absolute Gasteiger partial charge is 0.303 e. The lowest BCUT2D eigenvalue weighted by Crippen LogP contribution is -2.44. The molecule has 6 rings (SSSR count). The van der Waals surface area contributed by atoms with Crippen LogP contribution < -0.4 is 9.62 Å². The summed E-state index contributed by atoms with van der Waals surface area (Å²) in [7, 11) is 0.970. The van der Waals surface area contributed by atoms with Crippen LogP contribution >= 0.6 is 0 Å². The molecule has 0 spiro atoms. The second kappa shape index (κ2) is 11.5. The van der Waals surface area contributed by atoms with Crippen molar-refractivity contribution in [2.75, 3.05) is 45.7 Å². The van der Waals surface area contributed by atoms with Gasteiger partial charge >= 0.3 is 10.2 Å². The number of ether oxygens (including phenoxy) is 1. The molecule has 0 aromatic heterocycles. The minimum absolute atomic E-state index is 0.00338. The van der Waals surface area contributed by atoms with E-state index < -0.39 is 16.1 Å². The lowest BCUT2D eigenvalue weighted by atomic mass is 9.69. The van der Waals surface area contributed by atoms with E-state index in [1.54, 1.807) is 18.1 Å². The van der Waals surface area contributed by atoms with Gasteiger partial charge in [0.25, 0.3) is 11.8 Å². The third-order valence-electron chi connectivity index (χ3n) is 9.96. The van der Waals surface area contributed by atoms with Crippen molar-refractivity contribution >= 4 is 27.7 Å². The van der Waals surface area contributed by atoms with Gasteiger partial charge in [0.2, 0.25) is 0 Å². The van der Waals surface area contributed by atoms with Gasteiger partial charge in [-0.15, -0.1) is 0 Å². The molecule has 1 N–H and O–H groups in total. The lowest BCUT2D eigenvalue weighted by molar-refractivity contribution is -0.126. The predicted molar refractivity (Wildman–Crippen MR) is 162 cm³/mol. The van der Waals surface area contributed by atoms with E-state index >= 15 is 0 Å². The highest BCUT2D eigenvalue weighted by molar-refractivity contribution is 7.87. The van der Waals surface area contributed by atoms with Crippen LogP contribution in [0.3, 0.4) is 0 Å². The minimum Gasteiger partial charge on any atom is -0.497 e. The molecule has 3 aliphatic heterocycles. The molecule has 4 atom stereocenters. The molecular weight excluding hydrogens is 552 g/mol. The zero-order valence-electron chi connectivity index (χ0n) is 24.8. The Morgan fingerprint density at radius 2 is 1.74 bits per heavy atom. The van der Waals surface area contributed by atoms with Gasteiger partial charge in [0.05, 0.1) is 7.11 Å². The molecule has 4 unspecified atom stereocenters. The maximum absolute atomic E-state index is 14.0. The Kier molecular flexibility index (Phi) is 7.95. The highest BCUT2D eigenvalue weighted by Crippen LogP contribution is 2.54. The molecule has 2 aliphatic carbocycles. The molecule has 1 fully saturated rings. The van der Waals surface area contributed by atoms with Gasteiger partial charge in [-0.2, -0.15) is 12.7 Å². The van der Waals surface area contributed by atoms with E-state index in [4.69, 9.17) is 4.74 Å². The van der Waals surface area contributed by atoms with Gasteiger partial charge in [-0.25, -0.2) is 4.72 Å². The summed E-state index contributed by atoms with van der Waals surface area (Å²) in [5, 5.41) is 0. The second-order valence-electron chi connectivity index (χ2n) is 12.5. The van der Waals surface area contributed by atoms with Crippen molar-refractivity contribution in [2.45, 2.75) is 56.9 Å². The van der Waals surface area contributed by atoms with Crippen LogP contribution in [-0.2, 0) is 19.7 Å². The molecule has 0 radical (unpaired) electrons. The summed E-state index contributed by atoms with van der Waals surface area (Å²) in [5.41, 5.74) is 3.17. The topological polar surface area (TPSA) is 99.3 Å². The van der Waals surface area contributed by atoms with Crippen LogP contribution in [0.2, 0.25) is 0 Å². The first kappa shape index (κ1) is 29.0. The fraction of sp³-hybridized carbons (Fsp3) is 0.562. The SMILES string of the molecule is COC1=CC2C=C3CN4c5cc(ccc5C(C5CCCCC5)C4C2C=C1)C(=O)NS(=O)(=O)N(C)CCCCN(C)C3=O. The van der Waals surface area contributed by atoms with E-state index in [0.717, 1.165) is 29.9 Å². The average molecular weight is 595 g/mol. The van der Waals surface area contributed by atoms with E-state index in [-0.39, 0.29) is 36.2 Å². The van der Waals surface area contributed by atoms with E-state index in [1.165, 1.54) is 36.2 Å². The molecule has 226 valence electrons. The van der Waals surface area contributed by atoms with Gasteiger partial charge in [-0.1, -0.05) is 37.5 Å². The summed E-state index contributed by atoms with van der Waals surface area (Å²) in [4.78, 5) is 31.4. The number of methoxy groups -OCH3 is 1. The number of rotatable bonds is 2. The first-order valence-corrected chi connectivity index (χ1v) is 16.7. The molecule has 3 heterocycles. The zero-order chi connectivity index (χ0) is 29.6. The molecule has 10 heteroatoms. The minimum atomic E-state index is -4.00. The Bertz CT molecular complexity index is 1440. The Morgan fingerprint density at radius 3 is 2.50 bits per heavy atom. The number of hydrogen-bond donors (Lipinski definition) is 1. The summed E-state index contributed by atoms with van der Waals surface area (Å²) in [6, 6.07) is 5.74. The third-order valence-corrected chi connectivity index (χ3v) is 11.4. The van der Waals surface area contributed by atoms with Crippen LogP contribution in [0, 0.1) is 17.8 Å². The quantitative estimate of drug-likeness (QED) is 0.557. The highest BCUT2D eigenvalue weighted by atomic mass is 32.2. The largest absolute Gasteiger partial charge is 0.497 e. The standard InChI is InChI=1S/C32H42N4O5S/c1-34-15-7-8-16-35(2)42(39,40)33-31(37)22-11-13-27-28(19-22)36-20-24(32(34)38)17-23-18-25(41-3)12-14-26(23)30(36)29(27)21-9-5-4-6-10-21/h11-14,17-19,21,23,26,29-30H,4-10,15-16,20H2,1-3H3,(H,33,37). The first-order valence-electron chi connectivity index (χ1n) is 15.3. The van der Waals surface area contributed by atoms with E-state index in [2.05, 4.69) is 27.9 Å². The second-order valence-corrected chi connectivity index (χ2v) is 14.3. The molecule has 9 nitrogen and oxygen atoms in total. The molecular formula is C32H42N4O5S. The van der Waals surface area contributed by atoms with Crippen LogP contribution in [-0.4, -0.2) is 76.3 Å². The van der Waals surface area contributed by atoms with Crippen molar-refractivity contribution in [3.8, 4) is 0 Å². The molecule has 2 amide bonds. The van der Waals surface area contributed by atoms with Crippen molar-refractivity contribution in [2.24, 2.45) is 17.8 Å². The van der Waals surface area contributed by atoms with Crippen LogP contribution in [0.5, 0.6) is 0 Å². The lowest BCUT2D eigenvalue weighted by Gasteiger charge is -2.40. The Balaban J connectivity index is 1.50. The van der Waals surface area contributed by atoms with Crippen molar-refractivity contribution in [3.05, 3.63) is 65.0 Å². The molecule has 42 heavy (non-hydrogen) atoms. The van der Waals surface area contributed by atoms with Gasteiger partial charge in [0.15, 0.2) is 0 Å². The van der Waals surface area contributed by atoms with Crippen LogP contribution in [0.4, 0.5) is 5.69 Å².